The van der Waals surface area contributed by atoms with E-state index in [4.69, 9.17) is 0 Å². The van der Waals surface area contributed by atoms with Gasteiger partial charge in [-0.15, -0.1) is 12.4 Å². The Kier molecular flexibility index (Phi) is 7.32. The Hall–Kier alpha value is -1.12. The molecule has 0 bridgehead atoms. The molecule has 1 fully saturated rings. The summed E-state index contributed by atoms with van der Waals surface area (Å²) in [7, 11) is 0. The maximum atomic E-state index is 4.17. The topological polar surface area (TPSA) is 24.9 Å². The molecule has 2 nitrogen and oxygen atoms in total. The predicted molar refractivity (Wildman–Crippen MR) is 101 cm³/mol. The molecule has 126 valence electrons. The van der Waals surface area contributed by atoms with Gasteiger partial charge in [0.15, 0.2) is 0 Å². The molecule has 1 aromatic carbocycles. The van der Waals surface area contributed by atoms with Crippen molar-refractivity contribution >= 4 is 23.2 Å². The Morgan fingerprint density at radius 1 is 1.13 bits per heavy atom. The molecule has 1 aromatic heterocycles. The first-order chi connectivity index (χ1) is 10.8. The van der Waals surface area contributed by atoms with E-state index in [1.807, 2.05) is 12.4 Å². The zero-order valence-corrected chi connectivity index (χ0v) is 14.9. The van der Waals surface area contributed by atoms with Gasteiger partial charge in [0.1, 0.15) is 0 Å². The van der Waals surface area contributed by atoms with E-state index in [2.05, 4.69) is 41.5 Å². The quantitative estimate of drug-likeness (QED) is 0.756. The van der Waals surface area contributed by atoms with Crippen molar-refractivity contribution in [2.75, 3.05) is 0 Å². The summed E-state index contributed by atoms with van der Waals surface area (Å²) in [5.41, 5.74) is 1.36. The lowest BCUT2D eigenvalue weighted by molar-refractivity contribution is 0.317. The molecular formula is C20H29ClN2. The van der Waals surface area contributed by atoms with Crippen LogP contribution in [0.5, 0.6) is 0 Å². The molecule has 0 radical (unpaired) electrons. The van der Waals surface area contributed by atoms with E-state index in [0.717, 1.165) is 12.5 Å². The van der Waals surface area contributed by atoms with Crippen molar-refractivity contribution in [2.45, 2.75) is 64.5 Å². The number of halogens is 1. The molecular weight excluding hydrogens is 304 g/mol. The molecule has 2 aromatic rings. The maximum absolute atomic E-state index is 4.17. The molecule has 1 atom stereocenters. The second kappa shape index (κ2) is 9.24. The van der Waals surface area contributed by atoms with Crippen LogP contribution in [0.2, 0.25) is 0 Å². The second-order valence-corrected chi connectivity index (χ2v) is 6.92. The minimum Gasteiger partial charge on any atom is -0.310 e. The van der Waals surface area contributed by atoms with Gasteiger partial charge in [-0.1, -0.05) is 44.2 Å². The Labute approximate surface area is 146 Å². The number of fused-ring (bicyclic) bond motifs is 1. The van der Waals surface area contributed by atoms with Gasteiger partial charge in [0, 0.05) is 30.4 Å². The third-order valence-electron chi connectivity index (χ3n) is 5.09. The van der Waals surface area contributed by atoms with Crippen LogP contribution in [0.4, 0.5) is 0 Å². The summed E-state index contributed by atoms with van der Waals surface area (Å²) in [6.07, 6.45) is 13.8. The second-order valence-electron chi connectivity index (χ2n) is 6.92. The minimum atomic E-state index is 0. The lowest BCUT2D eigenvalue weighted by Crippen LogP contribution is -2.26. The highest BCUT2D eigenvalue weighted by molar-refractivity contribution is 5.85. The lowest BCUT2D eigenvalue weighted by atomic mass is 9.85. The summed E-state index contributed by atoms with van der Waals surface area (Å²) in [6.45, 7) is 3.29. The van der Waals surface area contributed by atoms with Crippen molar-refractivity contribution in [1.82, 2.24) is 10.3 Å². The third-order valence-corrected chi connectivity index (χ3v) is 5.09. The highest BCUT2D eigenvalue weighted by Crippen LogP contribution is 2.27. The van der Waals surface area contributed by atoms with Crippen LogP contribution in [0, 0.1) is 5.92 Å². The third kappa shape index (κ3) is 5.47. The van der Waals surface area contributed by atoms with Gasteiger partial charge in [0.2, 0.25) is 0 Å². The van der Waals surface area contributed by atoms with Crippen LogP contribution >= 0.6 is 12.4 Å². The van der Waals surface area contributed by atoms with Gasteiger partial charge in [0.05, 0.1) is 0 Å². The fourth-order valence-electron chi connectivity index (χ4n) is 3.60. The Morgan fingerprint density at radius 2 is 1.96 bits per heavy atom. The first kappa shape index (κ1) is 18.2. The number of rotatable bonds is 6. The van der Waals surface area contributed by atoms with E-state index in [1.165, 1.54) is 61.3 Å². The van der Waals surface area contributed by atoms with Crippen LogP contribution < -0.4 is 5.32 Å². The number of hydrogen-bond acceptors (Lipinski definition) is 2. The van der Waals surface area contributed by atoms with Crippen molar-refractivity contribution in [3.05, 3.63) is 42.2 Å². The summed E-state index contributed by atoms with van der Waals surface area (Å²) < 4.78 is 0. The lowest BCUT2D eigenvalue weighted by Gasteiger charge is -2.23. The van der Waals surface area contributed by atoms with Crippen molar-refractivity contribution in [1.29, 1.82) is 0 Å². The number of aromatic nitrogens is 1. The van der Waals surface area contributed by atoms with Crippen molar-refractivity contribution in [2.24, 2.45) is 5.92 Å². The van der Waals surface area contributed by atoms with Crippen molar-refractivity contribution in [3.63, 3.8) is 0 Å². The number of benzene rings is 1. The number of hydrogen-bond donors (Lipinski definition) is 1. The largest absolute Gasteiger partial charge is 0.310 e. The molecule has 23 heavy (non-hydrogen) atoms. The average molecular weight is 333 g/mol. The smallest absolute Gasteiger partial charge is 0.0346 e. The summed E-state index contributed by atoms with van der Waals surface area (Å²) in [5, 5.41) is 6.19. The van der Waals surface area contributed by atoms with Gasteiger partial charge in [-0.25, -0.2) is 0 Å². The average Bonchev–Trinajstić information content (AvgIpc) is 2.59. The van der Waals surface area contributed by atoms with Crippen molar-refractivity contribution in [3.8, 4) is 0 Å². The highest BCUT2D eigenvalue weighted by Gasteiger charge is 2.14. The Morgan fingerprint density at radius 3 is 2.78 bits per heavy atom. The minimum absolute atomic E-state index is 0. The van der Waals surface area contributed by atoms with Crippen LogP contribution in [0.15, 0.2) is 36.7 Å². The SMILES string of the molecule is C[C@H](CCC1CCCCC1)NCc1ccc2cnccc2c1.Cl. The van der Waals surface area contributed by atoms with Gasteiger partial charge >= 0.3 is 0 Å². The van der Waals surface area contributed by atoms with E-state index < -0.39 is 0 Å². The van der Waals surface area contributed by atoms with Gasteiger partial charge in [0.25, 0.3) is 0 Å². The van der Waals surface area contributed by atoms with Gasteiger partial charge < -0.3 is 5.32 Å². The molecule has 1 aliphatic carbocycles. The summed E-state index contributed by atoms with van der Waals surface area (Å²) in [5.74, 6) is 0.992. The molecule has 0 unspecified atom stereocenters. The molecule has 0 amide bonds. The molecule has 3 rings (SSSR count). The zero-order valence-electron chi connectivity index (χ0n) is 14.1. The summed E-state index contributed by atoms with van der Waals surface area (Å²) in [4.78, 5) is 4.17. The summed E-state index contributed by atoms with van der Waals surface area (Å²) in [6, 6.07) is 9.36. The van der Waals surface area contributed by atoms with Crippen LogP contribution in [0.25, 0.3) is 10.8 Å². The zero-order chi connectivity index (χ0) is 15.2. The molecule has 3 heteroatoms. The maximum Gasteiger partial charge on any atom is 0.0346 e. The van der Waals surface area contributed by atoms with Gasteiger partial charge in [-0.05, 0) is 48.8 Å². The van der Waals surface area contributed by atoms with Crippen LogP contribution in [0.1, 0.15) is 57.4 Å². The molecule has 0 aliphatic heterocycles. The molecule has 0 saturated heterocycles. The summed E-state index contributed by atoms with van der Waals surface area (Å²) >= 11 is 0. The molecule has 1 heterocycles. The van der Waals surface area contributed by atoms with Crippen LogP contribution in [0.3, 0.4) is 0 Å². The number of nitrogens with one attached hydrogen (secondary N) is 1. The predicted octanol–water partition coefficient (Wildman–Crippen LogP) is 5.50. The molecule has 1 aliphatic rings. The van der Waals surface area contributed by atoms with E-state index in [9.17, 15) is 0 Å². The number of pyridine rings is 1. The Bertz CT molecular complexity index is 593. The Balaban J connectivity index is 0.00000192. The van der Waals surface area contributed by atoms with E-state index in [1.54, 1.807) is 0 Å². The van der Waals surface area contributed by atoms with Gasteiger partial charge in [-0.3, -0.25) is 4.98 Å². The fourth-order valence-corrected chi connectivity index (χ4v) is 3.60. The molecule has 1 saturated carbocycles. The van der Waals surface area contributed by atoms with E-state index in [0.29, 0.717) is 6.04 Å². The first-order valence-corrected chi connectivity index (χ1v) is 8.87. The van der Waals surface area contributed by atoms with Crippen LogP contribution in [-0.2, 0) is 6.54 Å². The standard InChI is InChI=1S/C20H28N2.ClH/c1-16(7-8-17-5-3-2-4-6-17)22-14-18-9-10-20-15-21-12-11-19(20)13-18;/h9-13,15-17,22H,2-8,14H2,1H3;1H/t16-;/m1./s1. The molecule has 1 N–H and O–H groups in total. The normalized spacial score (nSPS) is 16.9. The first-order valence-electron chi connectivity index (χ1n) is 8.87. The van der Waals surface area contributed by atoms with Crippen LogP contribution in [-0.4, -0.2) is 11.0 Å². The fraction of sp³-hybridized carbons (Fsp3) is 0.550. The molecule has 0 spiro atoms. The van der Waals surface area contributed by atoms with E-state index >= 15 is 0 Å². The highest BCUT2D eigenvalue weighted by atomic mass is 35.5. The van der Waals surface area contributed by atoms with E-state index in [-0.39, 0.29) is 12.4 Å². The van der Waals surface area contributed by atoms with Gasteiger partial charge in [-0.2, -0.15) is 0 Å². The van der Waals surface area contributed by atoms with Crippen molar-refractivity contribution < 1.29 is 0 Å². The number of nitrogens with zero attached hydrogens (tertiary/aromatic N) is 1. The monoisotopic (exact) mass is 332 g/mol.